The number of halogens is 1. The number of carbonyl (C=O) groups excluding carboxylic acids is 1. The van der Waals surface area contributed by atoms with Gasteiger partial charge in [0, 0.05) is 25.4 Å². The van der Waals surface area contributed by atoms with E-state index in [1.165, 1.54) is 0 Å². The number of fused-ring (bicyclic) bond motifs is 1. The number of carbonyl (C=O) groups is 1. The first-order valence-electron chi connectivity index (χ1n) is 5.71. The third kappa shape index (κ3) is 2.72. The van der Waals surface area contributed by atoms with Gasteiger partial charge in [0.15, 0.2) is 6.10 Å². The molecule has 0 saturated heterocycles. The van der Waals surface area contributed by atoms with Crippen LogP contribution in [0.4, 0.5) is 0 Å². The van der Waals surface area contributed by atoms with E-state index in [-0.39, 0.29) is 11.3 Å². The van der Waals surface area contributed by atoms with Crippen molar-refractivity contribution in [1.82, 2.24) is 4.90 Å². The molecule has 92 valence electrons. The van der Waals surface area contributed by atoms with Crippen LogP contribution in [-0.4, -0.2) is 35.9 Å². The number of ether oxygens (including phenoxy) is 1. The van der Waals surface area contributed by atoms with Gasteiger partial charge in [-0.25, -0.2) is 0 Å². The molecule has 2 atom stereocenters. The zero-order valence-electron chi connectivity index (χ0n) is 10.0. The van der Waals surface area contributed by atoms with E-state index in [1.54, 1.807) is 11.9 Å². The number of hydrogen-bond acceptors (Lipinski definition) is 2. The van der Waals surface area contributed by atoms with E-state index in [4.69, 9.17) is 16.3 Å². The fraction of sp³-hybridized carbons (Fsp3) is 0.462. The number of nitrogens with zero attached hydrogens (tertiary/aromatic N) is 1. The maximum Gasteiger partial charge on any atom is 0.263 e. The molecule has 4 heteroatoms. The van der Waals surface area contributed by atoms with E-state index >= 15 is 0 Å². The predicted octanol–water partition coefficient (Wildman–Crippen LogP) is 2.08. The monoisotopic (exact) mass is 253 g/mol. The van der Waals surface area contributed by atoms with E-state index in [1.807, 2.05) is 31.2 Å². The lowest BCUT2D eigenvalue weighted by molar-refractivity contribution is -0.136. The molecule has 3 nitrogen and oxygen atoms in total. The molecule has 0 saturated carbocycles. The van der Waals surface area contributed by atoms with Gasteiger partial charge in [0.2, 0.25) is 0 Å². The fourth-order valence-corrected chi connectivity index (χ4v) is 2.24. The molecule has 0 fully saturated rings. The second kappa shape index (κ2) is 4.96. The number of para-hydroxylation sites is 1. The van der Waals surface area contributed by atoms with E-state index in [0.717, 1.165) is 11.3 Å². The molecular weight excluding hydrogens is 238 g/mol. The maximum absolute atomic E-state index is 12.1. The van der Waals surface area contributed by atoms with E-state index < -0.39 is 6.10 Å². The molecule has 1 aliphatic rings. The Kier molecular flexibility index (Phi) is 3.57. The van der Waals surface area contributed by atoms with Gasteiger partial charge in [-0.15, -0.1) is 11.6 Å². The van der Waals surface area contributed by atoms with Crippen LogP contribution in [0, 0.1) is 0 Å². The molecule has 1 aliphatic heterocycles. The first-order valence-corrected chi connectivity index (χ1v) is 6.15. The Morgan fingerprint density at radius 1 is 1.59 bits per heavy atom. The standard InChI is InChI=1S/C13H16ClNO2/c1-9(14)8-15(2)13(16)12-7-10-5-3-4-6-11(10)17-12/h3-6,9,12H,7-8H2,1-2H3. The molecule has 2 rings (SSSR count). The molecule has 0 aliphatic carbocycles. The SMILES string of the molecule is CC(Cl)CN(C)C(=O)C1Cc2ccccc2O1. The Balaban J connectivity index is 2.01. The minimum atomic E-state index is -0.396. The summed E-state index contributed by atoms with van der Waals surface area (Å²) in [5.41, 5.74) is 1.10. The summed E-state index contributed by atoms with van der Waals surface area (Å²) in [5, 5.41) is -0.0484. The third-order valence-electron chi connectivity index (χ3n) is 2.82. The summed E-state index contributed by atoms with van der Waals surface area (Å²) in [7, 11) is 1.76. The van der Waals surface area contributed by atoms with Crippen LogP contribution in [0.5, 0.6) is 5.75 Å². The number of rotatable bonds is 3. The molecule has 17 heavy (non-hydrogen) atoms. The summed E-state index contributed by atoms with van der Waals surface area (Å²) in [6.07, 6.45) is 0.253. The highest BCUT2D eigenvalue weighted by molar-refractivity contribution is 6.20. The molecule has 1 heterocycles. The summed E-state index contributed by atoms with van der Waals surface area (Å²) >= 11 is 5.88. The minimum Gasteiger partial charge on any atom is -0.480 e. The highest BCUT2D eigenvalue weighted by Gasteiger charge is 2.31. The molecule has 2 unspecified atom stereocenters. The van der Waals surface area contributed by atoms with Crippen LogP contribution in [0.15, 0.2) is 24.3 Å². The number of hydrogen-bond donors (Lipinski definition) is 0. The largest absolute Gasteiger partial charge is 0.480 e. The smallest absolute Gasteiger partial charge is 0.263 e. The summed E-state index contributed by atoms with van der Waals surface area (Å²) in [4.78, 5) is 13.7. The average molecular weight is 254 g/mol. The fourth-order valence-electron chi connectivity index (χ4n) is 2.03. The van der Waals surface area contributed by atoms with Crippen molar-refractivity contribution >= 4 is 17.5 Å². The Labute approximate surface area is 106 Å². The predicted molar refractivity (Wildman–Crippen MR) is 67.5 cm³/mol. The van der Waals surface area contributed by atoms with E-state index in [9.17, 15) is 4.79 Å². The zero-order valence-corrected chi connectivity index (χ0v) is 10.8. The quantitative estimate of drug-likeness (QED) is 0.772. The van der Waals surface area contributed by atoms with Crippen LogP contribution in [-0.2, 0) is 11.2 Å². The van der Waals surface area contributed by atoms with Crippen LogP contribution >= 0.6 is 11.6 Å². The van der Waals surface area contributed by atoms with Gasteiger partial charge in [0.25, 0.3) is 5.91 Å². The van der Waals surface area contributed by atoms with Gasteiger partial charge in [0.1, 0.15) is 5.75 Å². The van der Waals surface area contributed by atoms with Crippen molar-refractivity contribution in [2.24, 2.45) is 0 Å². The molecule has 0 radical (unpaired) electrons. The van der Waals surface area contributed by atoms with Gasteiger partial charge in [0.05, 0.1) is 0 Å². The summed E-state index contributed by atoms with van der Waals surface area (Å²) < 4.78 is 5.64. The van der Waals surface area contributed by atoms with Crippen molar-refractivity contribution in [1.29, 1.82) is 0 Å². The molecular formula is C13H16ClNO2. The third-order valence-corrected chi connectivity index (χ3v) is 2.96. The Bertz CT molecular complexity index is 395. The highest BCUT2D eigenvalue weighted by atomic mass is 35.5. The average Bonchev–Trinajstić information content (AvgIpc) is 2.70. The number of alkyl halides is 1. The normalized spacial score (nSPS) is 19.4. The minimum absolute atomic E-state index is 0.00583. The maximum atomic E-state index is 12.1. The van der Waals surface area contributed by atoms with E-state index in [0.29, 0.717) is 13.0 Å². The topological polar surface area (TPSA) is 29.5 Å². The summed E-state index contributed by atoms with van der Waals surface area (Å²) in [6, 6.07) is 7.76. The Morgan fingerprint density at radius 2 is 2.29 bits per heavy atom. The van der Waals surface area contributed by atoms with Crippen LogP contribution in [0.1, 0.15) is 12.5 Å². The second-order valence-electron chi connectivity index (χ2n) is 4.42. The number of likely N-dealkylation sites (N-methyl/N-ethyl adjacent to an activating group) is 1. The Hall–Kier alpha value is -1.22. The first kappa shape index (κ1) is 12.2. The molecule has 1 aromatic carbocycles. The highest BCUT2D eigenvalue weighted by Crippen LogP contribution is 2.28. The molecule has 0 spiro atoms. The summed E-state index contributed by atoms with van der Waals surface area (Å²) in [5.74, 6) is 0.812. The van der Waals surface area contributed by atoms with Gasteiger partial charge >= 0.3 is 0 Å². The number of benzene rings is 1. The lowest BCUT2D eigenvalue weighted by Crippen LogP contribution is -2.41. The lowest BCUT2D eigenvalue weighted by atomic mass is 10.1. The van der Waals surface area contributed by atoms with Crippen LogP contribution in [0.3, 0.4) is 0 Å². The van der Waals surface area contributed by atoms with Crippen molar-refractivity contribution in [2.45, 2.75) is 24.8 Å². The second-order valence-corrected chi connectivity index (χ2v) is 5.16. The molecule has 0 bridgehead atoms. The van der Waals surface area contributed by atoms with Gasteiger partial charge in [-0.1, -0.05) is 18.2 Å². The van der Waals surface area contributed by atoms with Crippen molar-refractivity contribution in [3.8, 4) is 5.75 Å². The molecule has 1 amide bonds. The van der Waals surface area contributed by atoms with Crippen molar-refractivity contribution in [3.05, 3.63) is 29.8 Å². The molecule has 0 N–H and O–H groups in total. The Morgan fingerprint density at radius 3 is 2.94 bits per heavy atom. The summed E-state index contributed by atoms with van der Waals surface area (Å²) in [6.45, 7) is 2.41. The van der Waals surface area contributed by atoms with Crippen LogP contribution < -0.4 is 4.74 Å². The first-order chi connectivity index (χ1) is 8.08. The number of amides is 1. The van der Waals surface area contributed by atoms with Gasteiger partial charge < -0.3 is 9.64 Å². The van der Waals surface area contributed by atoms with Crippen LogP contribution in [0.25, 0.3) is 0 Å². The van der Waals surface area contributed by atoms with Crippen LogP contribution in [0.2, 0.25) is 0 Å². The van der Waals surface area contributed by atoms with Crippen molar-refractivity contribution < 1.29 is 9.53 Å². The van der Waals surface area contributed by atoms with Gasteiger partial charge in [-0.2, -0.15) is 0 Å². The van der Waals surface area contributed by atoms with Gasteiger partial charge in [-0.3, -0.25) is 4.79 Å². The lowest BCUT2D eigenvalue weighted by Gasteiger charge is -2.21. The molecule has 1 aromatic rings. The van der Waals surface area contributed by atoms with Gasteiger partial charge in [-0.05, 0) is 18.6 Å². The zero-order chi connectivity index (χ0) is 12.4. The molecule has 0 aromatic heterocycles. The van der Waals surface area contributed by atoms with E-state index in [2.05, 4.69) is 0 Å². The van der Waals surface area contributed by atoms with Crippen molar-refractivity contribution in [2.75, 3.05) is 13.6 Å². The van der Waals surface area contributed by atoms with Crippen molar-refractivity contribution in [3.63, 3.8) is 0 Å².